The third kappa shape index (κ3) is 1.50. The minimum Gasteiger partial charge on any atom is -0.409 e. The Bertz CT molecular complexity index is 321. The molecule has 0 aliphatic heterocycles. The molecule has 0 fully saturated rings. The van der Waals surface area contributed by atoms with Crippen LogP contribution in [0.5, 0.6) is 0 Å². The molecule has 0 aliphatic rings. The molecule has 0 atom stereocenters. The average Bonchev–Trinajstić information content (AvgIpc) is 2.63. The van der Waals surface area contributed by atoms with Gasteiger partial charge in [-0.15, -0.1) is 0 Å². The first-order valence-corrected chi connectivity index (χ1v) is 3.20. The highest BCUT2D eigenvalue weighted by Gasteiger charge is 2.13. The lowest BCUT2D eigenvalue weighted by atomic mass is 10.3. The topological polar surface area (TPSA) is 146 Å². The number of hydrogen-bond donors (Lipinski definition) is 5. The molecule has 0 radical (unpaired) electrons. The van der Waals surface area contributed by atoms with Crippen molar-refractivity contribution >= 4 is 11.7 Å². The van der Waals surface area contributed by atoms with Crippen LogP contribution >= 0.6 is 0 Å². The minimum absolute atomic E-state index is 0.123. The predicted molar refractivity (Wildman–Crippen MR) is 43.6 cm³/mol. The molecule has 1 heterocycles. The van der Waals surface area contributed by atoms with Gasteiger partial charge in [-0.05, 0) is 0 Å². The van der Waals surface area contributed by atoms with E-state index in [9.17, 15) is 0 Å². The lowest BCUT2D eigenvalue weighted by Crippen LogP contribution is -2.22. The Morgan fingerprint density at radius 1 is 1.31 bits per heavy atom. The van der Waals surface area contributed by atoms with Crippen molar-refractivity contribution in [3.8, 4) is 0 Å². The second-order valence-corrected chi connectivity index (χ2v) is 2.10. The molecule has 0 saturated carbocycles. The molecule has 70 valence electrons. The van der Waals surface area contributed by atoms with Gasteiger partial charge in [0.15, 0.2) is 11.7 Å². The number of imidazole rings is 1. The molecule has 0 spiro atoms. The molecule has 0 amide bonds. The van der Waals surface area contributed by atoms with Crippen LogP contribution in [0.15, 0.2) is 16.6 Å². The number of amidine groups is 2. The Morgan fingerprint density at radius 2 is 1.92 bits per heavy atom. The van der Waals surface area contributed by atoms with Crippen LogP contribution in [0.25, 0.3) is 0 Å². The molecule has 1 aromatic heterocycles. The molecular formula is C5H8N6O2. The third-order valence-corrected chi connectivity index (χ3v) is 1.35. The van der Waals surface area contributed by atoms with Gasteiger partial charge in [-0.1, -0.05) is 10.3 Å². The maximum Gasteiger partial charge on any atom is 0.191 e. The van der Waals surface area contributed by atoms with Crippen molar-refractivity contribution in [3.63, 3.8) is 0 Å². The van der Waals surface area contributed by atoms with Crippen LogP contribution in [-0.2, 0) is 0 Å². The summed E-state index contributed by atoms with van der Waals surface area (Å²) in [6, 6.07) is 0. The van der Waals surface area contributed by atoms with E-state index in [0.717, 1.165) is 0 Å². The Hall–Kier alpha value is -2.25. The maximum atomic E-state index is 8.36. The summed E-state index contributed by atoms with van der Waals surface area (Å²) in [5.41, 5.74) is 10.8. The summed E-state index contributed by atoms with van der Waals surface area (Å²) in [6.45, 7) is 0. The van der Waals surface area contributed by atoms with Crippen molar-refractivity contribution in [1.82, 2.24) is 9.97 Å². The number of aromatic nitrogens is 2. The first-order valence-electron chi connectivity index (χ1n) is 3.20. The Labute approximate surface area is 72.6 Å². The molecule has 8 heteroatoms. The number of nitrogens with zero attached hydrogens (tertiary/aromatic N) is 3. The summed E-state index contributed by atoms with van der Waals surface area (Å²) in [5, 5.41) is 22.2. The van der Waals surface area contributed by atoms with Crippen LogP contribution in [0, 0.1) is 0 Å². The number of oxime groups is 2. The van der Waals surface area contributed by atoms with Gasteiger partial charge >= 0.3 is 0 Å². The standard InChI is InChI=1S/C5H8N6O2/c6-4(10-12)2-3(5(7)11-13)9-1-8-2/h1,12-13H,(H2,6,10)(H2,7,11)(H,8,9). The fraction of sp³-hybridized carbons (Fsp3) is 0. The van der Waals surface area contributed by atoms with Crippen LogP contribution in [0.1, 0.15) is 11.4 Å². The molecule has 0 bridgehead atoms. The Morgan fingerprint density at radius 3 is 2.46 bits per heavy atom. The van der Waals surface area contributed by atoms with Crippen LogP contribution in [0.2, 0.25) is 0 Å². The summed E-state index contributed by atoms with van der Waals surface area (Å²) < 4.78 is 0. The molecule has 7 N–H and O–H groups in total. The Balaban J connectivity index is 3.18. The SMILES string of the molecule is N/C(=N\O)c1nc[nH]c1/C(N)=N/O. The molecule has 0 unspecified atom stereocenters. The monoisotopic (exact) mass is 184 g/mol. The molecule has 1 rings (SSSR count). The fourth-order valence-electron chi connectivity index (χ4n) is 0.781. The van der Waals surface area contributed by atoms with Gasteiger partial charge < -0.3 is 26.9 Å². The molecular weight excluding hydrogens is 176 g/mol. The minimum atomic E-state index is -0.220. The van der Waals surface area contributed by atoms with E-state index in [1.165, 1.54) is 6.33 Å². The number of nitrogens with two attached hydrogens (primary N) is 2. The molecule has 13 heavy (non-hydrogen) atoms. The van der Waals surface area contributed by atoms with Crippen molar-refractivity contribution in [2.45, 2.75) is 0 Å². The lowest BCUT2D eigenvalue weighted by Gasteiger charge is -1.97. The molecule has 8 nitrogen and oxygen atoms in total. The van der Waals surface area contributed by atoms with E-state index in [1.54, 1.807) is 0 Å². The van der Waals surface area contributed by atoms with E-state index in [1.807, 2.05) is 0 Å². The van der Waals surface area contributed by atoms with Crippen molar-refractivity contribution in [1.29, 1.82) is 0 Å². The van der Waals surface area contributed by atoms with Crippen LogP contribution in [-0.4, -0.2) is 32.1 Å². The second-order valence-electron chi connectivity index (χ2n) is 2.10. The van der Waals surface area contributed by atoms with E-state index in [0.29, 0.717) is 0 Å². The number of H-pyrrole nitrogens is 1. The summed E-state index contributed by atoms with van der Waals surface area (Å²) in [6.07, 6.45) is 1.28. The van der Waals surface area contributed by atoms with Crippen molar-refractivity contribution in [2.24, 2.45) is 21.8 Å². The number of hydrogen-bond acceptors (Lipinski definition) is 5. The smallest absolute Gasteiger partial charge is 0.191 e. The van der Waals surface area contributed by atoms with E-state index in [2.05, 4.69) is 20.3 Å². The highest BCUT2D eigenvalue weighted by Crippen LogP contribution is 2.01. The van der Waals surface area contributed by atoms with E-state index < -0.39 is 0 Å². The summed E-state index contributed by atoms with van der Waals surface area (Å²) in [4.78, 5) is 6.29. The largest absolute Gasteiger partial charge is 0.409 e. The van der Waals surface area contributed by atoms with Gasteiger partial charge in [-0.25, -0.2) is 4.98 Å². The van der Waals surface area contributed by atoms with Gasteiger partial charge in [-0.3, -0.25) is 0 Å². The Kier molecular flexibility index (Phi) is 2.33. The second kappa shape index (κ2) is 3.43. The number of aromatic amines is 1. The van der Waals surface area contributed by atoms with E-state index in [4.69, 9.17) is 21.9 Å². The fourth-order valence-corrected chi connectivity index (χ4v) is 0.781. The highest BCUT2D eigenvalue weighted by molar-refractivity contribution is 6.07. The van der Waals surface area contributed by atoms with Gasteiger partial charge in [0.2, 0.25) is 0 Å². The summed E-state index contributed by atoms with van der Waals surface area (Å²) >= 11 is 0. The first-order chi connectivity index (χ1) is 6.20. The van der Waals surface area contributed by atoms with Crippen molar-refractivity contribution in [2.75, 3.05) is 0 Å². The zero-order valence-corrected chi connectivity index (χ0v) is 6.47. The number of rotatable bonds is 2. The summed E-state index contributed by atoms with van der Waals surface area (Å²) in [7, 11) is 0. The molecule has 0 saturated heterocycles. The average molecular weight is 184 g/mol. The summed E-state index contributed by atoms with van der Waals surface area (Å²) in [5.74, 6) is -0.415. The van der Waals surface area contributed by atoms with Gasteiger partial charge in [0.05, 0.1) is 6.33 Å². The number of nitrogens with one attached hydrogen (secondary N) is 1. The third-order valence-electron chi connectivity index (χ3n) is 1.35. The van der Waals surface area contributed by atoms with Crippen LogP contribution < -0.4 is 11.5 Å². The van der Waals surface area contributed by atoms with Crippen LogP contribution in [0.4, 0.5) is 0 Å². The first kappa shape index (κ1) is 8.84. The zero-order valence-electron chi connectivity index (χ0n) is 6.47. The quantitative estimate of drug-likeness (QED) is 0.166. The maximum absolute atomic E-state index is 8.36. The van der Waals surface area contributed by atoms with Gasteiger partial charge in [0.25, 0.3) is 0 Å². The van der Waals surface area contributed by atoms with E-state index in [-0.39, 0.29) is 23.1 Å². The van der Waals surface area contributed by atoms with Crippen molar-refractivity contribution in [3.05, 3.63) is 17.7 Å². The predicted octanol–water partition coefficient (Wildman–Crippen LogP) is -1.40. The normalized spacial score (nSPS) is 13.2. The molecule has 1 aromatic rings. The van der Waals surface area contributed by atoms with E-state index >= 15 is 0 Å². The van der Waals surface area contributed by atoms with Gasteiger partial charge in [0.1, 0.15) is 11.4 Å². The molecule has 0 aliphatic carbocycles. The van der Waals surface area contributed by atoms with Crippen LogP contribution in [0.3, 0.4) is 0 Å². The van der Waals surface area contributed by atoms with Crippen molar-refractivity contribution < 1.29 is 10.4 Å². The zero-order chi connectivity index (χ0) is 9.84. The lowest BCUT2D eigenvalue weighted by molar-refractivity contribution is 0.317. The molecule has 0 aromatic carbocycles. The van der Waals surface area contributed by atoms with Gasteiger partial charge in [-0.2, -0.15) is 0 Å². The van der Waals surface area contributed by atoms with Gasteiger partial charge in [0, 0.05) is 0 Å². The highest BCUT2D eigenvalue weighted by atomic mass is 16.4.